The van der Waals surface area contributed by atoms with Gasteiger partial charge in [-0.25, -0.2) is 0 Å². The Hall–Kier alpha value is -1.29. The average molecular weight is 287 g/mol. The molecule has 2 aromatic carbocycles. The summed E-state index contributed by atoms with van der Waals surface area (Å²) in [7, 11) is 0. The molecule has 3 heteroatoms. The van der Waals surface area contributed by atoms with Crippen molar-refractivity contribution in [2.75, 3.05) is 18.6 Å². The van der Waals surface area contributed by atoms with E-state index in [9.17, 15) is 5.11 Å². The van der Waals surface area contributed by atoms with Crippen molar-refractivity contribution in [3.63, 3.8) is 0 Å². The fraction of sp³-hybridized carbons (Fsp3) is 0.294. The molecule has 0 amide bonds. The van der Waals surface area contributed by atoms with Crippen LogP contribution in [0, 0.1) is 0 Å². The van der Waals surface area contributed by atoms with Crippen molar-refractivity contribution >= 4 is 11.8 Å². The van der Waals surface area contributed by atoms with Crippen LogP contribution in [0.2, 0.25) is 0 Å². The Kier molecular flexibility index (Phi) is 6.12. The molecule has 0 saturated carbocycles. The van der Waals surface area contributed by atoms with E-state index in [-0.39, 0.29) is 18.7 Å². The van der Waals surface area contributed by atoms with Crippen molar-refractivity contribution in [2.45, 2.75) is 12.1 Å². The summed E-state index contributed by atoms with van der Waals surface area (Å²) >= 11 is 1.81. The molecular formula is C17H21NOS. The zero-order valence-corrected chi connectivity index (χ0v) is 12.5. The Morgan fingerprint density at radius 2 is 1.40 bits per heavy atom. The predicted octanol–water partition coefficient (Wildman–Crippen LogP) is 3.41. The first-order valence-electron chi connectivity index (χ1n) is 6.81. The molecule has 2 rings (SSSR count). The maximum atomic E-state index is 9.67. The molecule has 0 fully saturated rings. The predicted molar refractivity (Wildman–Crippen MR) is 87.0 cm³/mol. The molecule has 0 radical (unpaired) electrons. The molecule has 0 bridgehead atoms. The molecule has 20 heavy (non-hydrogen) atoms. The largest absolute Gasteiger partial charge is 0.394 e. The fourth-order valence-electron chi connectivity index (χ4n) is 2.28. The maximum Gasteiger partial charge on any atom is 0.0626 e. The topological polar surface area (TPSA) is 32.3 Å². The molecule has 0 aliphatic rings. The minimum absolute atomic E-state index is 0.0337. The van der Waals surface area contributed by atoms with Gasteiger partial charge < -0.3 is 10.4 Å². The third kappa shape index (κ3) is 4.10. The van der Waals surface area contributed by atoms with Gasteiger partial charge in [0.15, 0.2) is 0 Å². The van der Waals surface area contributed by atoms with Gasteiger partial charge in [-0.2, -0.15) is 11.8 Å². The minimum atomic E-state index is -0.0337. The average Bonchev–Trinajstić information content (AvgIpc) is 2.53. The van der Waals surface area contributed by atoms with Crippen molar-refractivity contribution in [3.05, 3.63) is 71.8 Å². The molecule has 106 valence electrons. The van der Waals surface area contributed by atoms with Gasteiger partial charge in [-0.1, -0.05) is 60.7 Å². The van der Waals surface area contributed by atoms with Gasteiger partial charge in [0.25, 0.3) is 0 Å². The first-order chi connectivity index (χ1) is 9.85. The van der Waals surface area contributed by atoms with Gasteiger partial charge in [-0.05, 0) is 17.4 Å². The molecular weight excluding hydrogens is 266 g/mol. The second-order valence-corrected chi connectivity index (χ2v) is 5.64. The van der Waals surface area contributed by atoms with E-state index in [0.29, 0.717) is 0 Å². The number of thioether (sulfide) groups is 1. The van der Waals surface area contributed by atoms with E-state index in [1.807, 2.05) is 36.0 Å². The number of aliphatic hydroxyl groups excluding tert-OH is 1. The Balaban J connectivity index is 2.14. The monoisotopic (exact) mass is 287 g/mol. The Labute approximate surface area is 125 Å². The van der Waals surface area contributed by atoms with E-state index in [4.69, 9.17) is 0 Å². The van der Waals surface area contributed by atoms with E-state index in [1.165, 1.54) is 5.56 Å². The third-order valence-electron chi connectivity index (χ3n) is 3.32. The fourth-order valence-corrected chi connectivity index (χ4v) is 2.90. The summed E-state index contributed by atoms with van der Waals surface area (Å²) in [6.07, 6.45) is 2.11. The molecule has 0 heterocycles. The number of benzene rings is 2. The van der Waals surface area contributed by atoms with Gasteiger partial charge in [0.1, 0.15) is 0 Å². The molecule has 2 atom stereocenters. The van der Waals surface area contributed by atoms with Crippen LogP contribution in [0.1, 0.15) is 23.2 Å². The minimum Gasteiger partial charge on any atom is -0.394 e. The van der Waals surface area contributed by atoms with Crippen molar-refractivity contribution < 1.29 is 5.11 Å². The second kappa shape index (κ2) is 8.10. The molecule has 2 N–H and O–H groups in total. The lowest BCUT2D eigenvalue weighted by Gasteiger charge is -2.25. The number of hydrogen-bond acceptors (Lipinski definition) is 3. The van der Waals surface area contributed by atoms with Crippen molar-refractivity contribution in [1.82, 2.24) is 5.32 Å². The molecule has 0 aliphatic carbocycles. The number of rotatable bonds is 7. The second-order valence-electron chi connectivity index (χ2n) is 4.73. The van der Waals surface area contributed by atoms with Gasteiger partial charge >= 0.3 is 0 Å². The van der Waals surface area contributed by atoms with Crippen LogP contribution in [0.25, 0.3) is 0 Å². The summed E-state index contributed by atoms with van der Waals surface area (Å²) in [5, 5.41) is 13.2. The summed E-state index contributed by atoms with van der Waals surface area (Å²) in [5.41, 5.74) is 2.38. The van der Waals surface area contributed by atoms with E-state index in [2.05, 4.69) is 48.0 Å². The molecule has 0 aliphatic heterocycles. The van der Waals surface area contributed by atoms with Gasteiger partial charge in [0.2, 0.25) is 0 Å². The van der Waals surface area contributed by atoms with Gasteiger partial charge in [0, 0.05) is 11.8 Å². The normalized spacial score (nSPS) is 13.9. The Bertz CT molecular complexity index is 489. The maximum absolute atomic E-state index is 9.67. The zero-order chi connectivity index (χ0) is 14.2. The first kappa shape index (κ1) is 15.1. The smallest absolute Gasteiger partial charge is 0.0626 e. The summed E-state index contributed by atoms with van der Waals surface area (Å²) in [4.78, 5) is 0. The van der Waals surface area contributed by atoms with Gasteiger partial charge in [-0.15, -0.1) is 0 Å². The summed E-state index contributed by atoms with van der Waals surface area (Å²) in [5.74, 6) is 0.980. The third-order valence-corrected chi connectivity index (χ3v) is 3.99. The van der Waals surface area contributed by atoms with Crippen LogP contribution in [0.15, 0.2) is 60.7 Å². The lowest BCUT2D eigenvalue weighted by atomic mass is 10.0. The Morgan fingerprint density at radius 3 is 1.85 bits per heavy atom. The number of hydrogen-bond donors (Lipinski definition) is 2. The highest BCUT2D eigenvalue weighted by molar-refractivity contribution is 7.98. The molecule has 2 nitrogen and oxygen atoms in total. The van der Waals surface area contributed by atoms with Crippen LogP contribution in [0.4, 0.5) is 0 Å². The molecule has 0 aromatic heterocycles. The molecule has 2 unspecified atom stereocenters. The van der Waals surface area contributed by atoms with Crippen LogP contribution in [-0.2, 0) is 0 Å². The van der Waals surface area contributed by atoms with Gasteiger partial charge in [0.05, 0.1) is 12.6 Å². The number of aliphatic hydroxyl groups is 1. The molecule has 0 saturated heterocycles. The van der Waals surface area contributed by atoms with Crippen LogP contribution in [0.3, 0.4) is 0 Å². The van der Waals surface area contributed by atoms with E-state index >= 15 is 0 Å². The van der Waals surface area contributed by atoms with E-state index < -0.39 is 0 Å². The zero-order valence-electron chi connectivity index (χ0n) is 11.7. The molecule has 0 spiro atoms. The highest BCUT2D eigenvalue weighted by Crippen LogP contribution is 2.22. The lowest BCUT2D eigenvalue weighted by molar-refractivity contribution is 0.236. The highest BCUT2D eigenvalue weighted by Gasteiger charge is 2.17. The Morgan fingerprint density at radius 1 is 0.900 bits per heavy atom. The van der Waals surface area contributed by atoms with Crippen LogP contribution >= 0.6 is 11.8 Å². The SMILES string of the molecule is CSCC(NC(CO)c1ccccc1)c1ccccc1. The molecule has 2 aromatic rings. The quantitative estimate of drug-likeness (QED) is 0.818. The van der Waals surface area contributed by atoms with Crippen molar-refractivity contribution in [1.29, 1.82) is 0 Å². The van der Waals surface area contributed by atoms with E-state index in [0.717, 1.165) is 11.3 Å². The van der Waals surface area contributed by atoms with Crippen molar-refractivity contribution in [2.24, 2.45) is 0 Å². The van der Waals surface area contributed by atoms with Crippen LogP contribution in [0.5, 0.6) is 0 Å². The number of nitrogens with one attached hydrogen (secondary N) is 1. The van der Waals surface area contributed by atoms with Gasteiger partial charge in [-0.3, -0.25) is 0 Å². The summed E-state index contributed by atoms with van der Waals surface area (Å²) < 4.78 is 0. The standard InChI is InChI=1S/C17H21NOS/c1-20-13-17(15-10-6-3-7-11-15)18-16(12-19)14-8-4-2-5-9-14/h2-11,16-19H,12-13H2,1H3. The van der Waals surface area contributed by atoms with Crippen LogP contribution < -0.4 is 5.32 Å². The summed E-state index contributed by atoms with van der Waals surface area (Å²) in [6.45, 7) is 0.0989. The van der Waals surface area contributed by atoms with Crippen molar-refractivity contribution in [3.8, 4) is 0 Å². The first-order valence-corrected chi connectivity index (χ1v) is 8.20. The van der Waals surface area contributed by atoms with Crippen LogP contribution in [-0.4, -0.2) is 23.7 Å². The summed E-state index contributed by atoms with van der Waals surface area (Å²) in [6, 6.07) is 20.7. The van der Waals surface area contributed by atoms with E-state index in [1.54, 1.807) is 0 Å². The lowest BCUT2D eigenvalue weighted by Crippen LogP contribution is -2.30. The highest BCUT2D eigenvalue weighted by atomic mass is 32.2.